The number of aromatic nitrogens is 1. The van der Waals surface area contributed by atoms with Crippen LogP contribution < -0.4 is 4.90 Å². The molecule has 0 bridgehead atoms. The van der Waals surface area contributed by atoms with Crippen molar-refractivity contribution >= 4 is 33.3 Å². The van der Waals surface area contributed by atoms with Crippen molar-refractivity contribution in [3.05, 3.63) is 21.8 Å². The fourth-order valence-corrected chi connectivity index (χ4v) is 3.39. The molecule has 1 aliphatic rings. The number of rotatable bonds is 2. The van der Waals surface area contributed by atoms with E-state index in [1.165, 1.54) is 25.7 Å². The Morgan fingerprint density at radius 1 is 1.35 bits per heavy atom. The van der Waals surface area contributed by atoms with Gasteiger partial charge in [0.15, 0.2) is 0 Å². The van der Waals surface area contributed by atoms with Crippen LogP contribution in [0.25, 0.3) is 0 Å². The molecule has 4 heteroatoms. The van der Waals surface area contributed by atoms with E-state index in [9.17, 15) is 0 Å². The third-order valence-electron chi connectivity index (χ3n) is 3.66. The van der Waals surface area contributed by atoms with Gasteiger partial charge in [0.2, 0.25) is 0 Å². The Labute approximate surface area is 116 Å². The number of nitrogens with zero attached hydrogens (tertiary/aromatic N) is 2. The molecule has 0 spiro atoms. The Kier molecular flexibility index (Phi) is 4.31. The van der Waals surface area contributed by atoms with Crippen LogP contribution in [-0.4, -0.2) is 18.1 Å². The lowest BCUT2D eigenvalue weighted by molar-refractivity contribution is 0.340. The number of anilines is 1. The molecule has 0 aromatic carbocycles. The third kappa shape index (κ3) is 3.14. The van der Waals surface area contributed by atoms with Crippen LogP contribution in [0.5, 0.6) is 0 Å². The van der Waals surface area contributed by atoms with Gasteiger partial charge in [-0.2, -0.15) is 0 Å². The number of halogens is 2. The smallest absolute Gasteiger partial charge is 0.142 e. The first-order valence-corrected chi connectivity index (χ1v) is 7.29. The molecule has 1 heterocycles. The number of pyridine rings is 1. The molecule has 0 atom stereocenters. The van der Waals surface area contributed by atoms with Crippen molar-refractivity contribution in [2.45, 2.75) is 38.6 Å². The van der Waals surface area contributed by atoms with Crippen LogP contribution in [0.15, 0.2) is 16.7 Å². The standard InChI is InChI=1S/C13H18BrClN2/c1-9-3-5-11(6-4-9)17(2)13-12(14)7-10(15)8-16-13/h7-9,11H,3-6H2,1-2H3. The molecule has 0 radical (unpaired) electrons. The highest BCUT2D eigenvalue weighted by Crippen LogP contribution is 2.32. The van der Waals surface area contributed by atoms with Crippen molar-refractivity contribution in [2.24, 2.45) is 5.92 Å². The predicted molar refractivity (Wildman–Crippen MR) is 76.8 cm³/mol. The van der Waals surface area contributed by atoms with E-state index in [0.29, 0.717) is 11.1 Å². The monoisotopic (exact) mass is 316 g/mol. The van der Waals surface area contributed by atoms with Gasteiger partial charge < -0.3 is 4.90 Å². The minimum absolute atomic E-state index is 0.608. The minimum Gasteiger partial charge on any atom is -0.356 e. The average Bonchev–Trinajstić information content (AvgIpc) is 2.29. The molecule has 1 saturated carbocycles. The fourth-order valence-electron chi connectivity index (χ4n) is 2.47. The first-order valence-electron chi connectivity index (χ1n) is 6.12. The van der Waals surface area contributed by atoms with Gasteiger partial charge in [-0.25, -0.2) is 4.98 Å². The highest BCUT2D eigenvalue weighted by atomic mass is 79.9. The van der Waals surface area contributed by atoms with Crippen LogP contribution in [0.2, 0.25) is 5.02 Å². The summed E-state index contributed by atoms with van der Waals surface area (Å²) >= 11 is 9.45. The lowest BCUT2D eigenvalue weighted by Gasteiger charge is -2.34. The van der Waals surface area contributed by atoms with Crippen LogP contribution in [0, 0.1) is 5.92 Å². The van der Waals surface area contributed by atoms with Gasteiger partial charge in [0, 0.05) is 19.3 Å². The summed E-state index contributed by atoms with van der Waals surface area (Å²) in [6.45, 7) is 2.34. The molecule has 2 nitrogen and oxygen atoms in total. The molecule has 1 aliphatic carbocycles. The molecule has 0 N–H and O–H groups in total. The molecule has 94 valence electrons. The average molecular weight is 318 g/mol. The van der Waals surface area contributed by atoms with Crippen LogP contribution in [0.3, 0.4) is 0 Å². The lowest BCUT2D eigenvalue weighted by Crippen LogP contribution is -2.35. The van der Waals surface area contributed by atoms with Crippen LogP contribution in [0.4, 0.5) is 5.82 Å². The largest absolute Gasteiger partial charge is 0.356 e. The number of hydrogen-bond donors (Lipinski definition) is 0. The highest BCUT2D eigenvalue weighted by Gasteiger charge is 2.23. The van der Waals surface area contributed by atoms with E-state index in [4.69, 9.17) is 11.6 Å². The van der Waals surface area contributed by atoms with Gasteiger partial charge in [-0.15, -0.1) is 0 Å². The van der Waals surface area contributed by atoms with Gasteiger partial charge in [-0.1, -0.05) is 18.5 Å². The second kappa shape index (κ2) is 5.57. The highest BCUT2D eigenvalue weighted by molar-refractivity contribution is 9.10. The summed E-state index contributed by atoms with van der Waals surface area (Å²) < 4.78 is 0.978. The molecule has 17 heavy (non-hydrogen) atoms. The van der Waals surface area contributed by atoms with E-state index in [1.54, 1.807) is 6.20 Å². The van der Waals surface area contributed by atoms with E-state index in [0.717, 1.165) is 16.2 Å². The quantitative estimate of drug-likeness (QED) is 0.797. The maximum absolute atomic E-state index is 5.92. The van der Waals surface area contributed by atoms with Gasteiger partial charge in [-0.3, -0.25) is 0 Å². The Balaban J connectivity index is 2.11. The van der Waals surface area contributed by atoms with Crippen molar-refractivity contribution in [1.82, 2.24) is 4.98 Å². The first-order chi connectivity index (χ1) is 8.08. The van der Waals surface area contributed by atoms with E-state index in [1.807, 2.05) is 6.07 Å². The van der Waals surface area contributed by atoms with Crippen LogP contribution in [-0.2, 0) is 0 Å². The Hall–Kier alpha value is -0.280. The molecule has 0 amide bonds. The molecule has 0 aliphatic heterocycles. The zero-order valence-corrected chi connectivity index (χ0v) is 12.6. The summed E-state index contributed by atoms with van der Waals surface area (Å²) in [5.74, 6) is 1.87. The summed E-state index contributed by atoms with van der Waals surface area (Å²) in [6.07, 6.45) is 6.87. The van der Waals surface area contributed by atoms with Crippen molar-refractivity contribution in [1.29, 1.82) is 0 Å². The Morgan fingerprint density at radius 2 is 2.00 bits per heavy atom. The summed E-state index contributed by atoms with van der Waals surface area (Å²) in [5, 5.41) is 0.672. The molecule has 2 rings (SSSR count). The van der Waals surface area contributed by atoms with Gasteiger partial charge >= 0.3 is 0 Å². The van der Waals surface area contributed by atoms with Gasteiger partial charge in [-0.05, 0) is 53.6 Å². The second-order valence-corrected chi connectivity index (χ2v) is 6.27. The van der Waals surface area contributed by atoms with E-state index >= 15 is 0 Å². The molecule has 1 aromatic heterocycles. The van der Waals surface area contributed by atoms with E-state index in [2.05, 4.69) is 39.8 Å². The van der Waals surface area contributed by atoms with Gasteiger partial charge in [0.25, 0.3) is 0 Å². The van der Waals surface area contributed by atoms with Crippen molar-refractivity contribution < 1.29 is 0 Å². The normalized spacial score (nSPS) is 24.7. The molecule has 0 unspecified atom stereocenters. The van der Waals surface area contributed by atoms with E-state index < -0.39 is 0 Å². The number of hydrogen-bond acceptors (Lipinski definition) is 2. The maximum atomic E-state index is 5.92. The molecular weight excluding hydrogens is 300 g/mol. The lowest BCUT2D eigenvalue weighted by atomic mass is 9.87. The summed E-state index contributed by atoms with van der Waals surface area (Å²) in [7, 11) is 2.13. The van der Waals surface area contributed by atoms with Crippen LogP contribution >= 0.6 is 27.5 Å². The zero-order chi connectivity index (χ0) is 12.4. The predicted octanol–water partition coefficient (Wildman–Crippen LogP) is 4.51. The molecular formula is C13H18BrClN2. The van der Waals surface area contributed by atoms with Crippen molar-refractivity contribution in [2.75, 3.05) is 11.9 Å². The molecule has 1 fully saturated rings. The Morgan fingerprint density at radius 3 is 2.59 bits per heavy atom. The maximum Gasteiger partial charge on any atom is 0.142 e. The van der Waals surface area contributed by atoms with Crippen LogP contribution in [0.1, 0.15) is 32.6 Å². The topological polar surface area (TPSA) is 16.1 Å². The van der Waals surface area contributed by atoms with Gasteiger partial charge in [0.05, 0.1) is 9.50 Å². The Bertz CT molecular complexity index is 389. The van der Waals surface area contributed by atoms with Gasteiger partial charge in [0.1, 0.15) is 5.82 Å². The SMILES string of the molecule is CC1CCC(N(C)c2ncc(Cl)cc2Br)CC1. The zero-order valence-electron chi connectivity index (χ0n) is 10.3. The fraction of sp³-hybridized carbons (Fsp3) is 0.615. The third-order valence-corrected chi connectivity index (χ3v) is 4.45. The van der Waals surface area contributed by atoms with Crippen molar-refractivity contribution in [3.63, 3.8) is 0 Å². The molecule has 1 aromatic rings. The minimum atomic E-state index is 0.608. The molecule has 0 saturated heterocycles. The first kappa shape index (κ1) is 13.2. The van der Waals surface area contributed by atoms with Crippen molar-refractivity contribution in [3.8, 4) is 0 Å². The second-order valence-electron chi connectivity index (χ2n) is 4.98. The van der Waals surface area contributed by atoms with E-state index in [-0.39, 0.29) is 0 Å². The summed E-state index contributed by atoms with van der Waals surface area (Å²) in [6, 6.07) is 2.52. The summed E-state index contributed by atoms with van der Waals surface area (Å²) in [4.78, 5) is 6.70. The summed E-state index contributed by atoms with van der Waals surface area (Å²) in [5.41, 5.74) is 0.